The van der Waals surface area contributed by atoms with Gasteiger partial charge in [-0.25, -0.2) is 4.98 Å². The van der Waals surface area contributed by atoms with Crippen molar-refractivity contribution in [3.8, 4) is 5.75 Å². The normalized spacial score (nSPS) is 11.5. The molecular weight excluding hydrogens is 349 g/mol. The minimum atomic E-state index is -4.43. The average Bonchev–Trinajstić information content (AvgIpc) is 3.06. The number of thiazole rings is 1. The van der Waals surface area contributed by atoms with Crippen LogP contribution in [0.15, 0.2) is 29.8 Å². The Kier molecular flexibility index (Phi) is 7.55. The van der Waals surface area contributed by atoms with Gasteiger partial charge >= 0.3 is 6.18 Å². The number of hydrogen-bond acceptors (Lipinski definition) is 4. The molecule has 0 amide bonds. The molecule has 0 aliphatic carbocycles. The summed E-state index contributed by atoms with van der Waals surface area (Å²) in [6.07, 6.45) is 3.55. The highest BCUT2D eigenvalue weighted by Crippen LogP contribution is 2.38. The number of alkyl halides is 3. The van der Waals surface area contributed by atoms with Gasteiger partial charge in [0.15, 0.2) is 5.13 Å². The van der Waals surface area contributed by atoms with E-state index in [-0.39, 0.29) is 12.4 Å². The summed E-state index contributed by atoms with van der Waals surface area (Å²) in [7, 11) is 0. The molecule has 0 fully saturated rings. The summed E-state index contributed by atoms with van der Waals surface area (Å²) in [5.41, 5.74) is -0.218. The molecular formula is C18H23F3N2OS. The quantitative estimate of drug-likeness (QED) is 0.474. The zero-order chi connectivity index (χ0) is 18.1. The lowest BCUT2D eigenvalue weighted by molar-refractivity contribution is -0.138. The molecule has 0 unspecified atom stereocenters. The Bertz CT molecular complexity index is 630. The summed E-state index contributed by atoms with van der Waals surface area (Å²) in [5, 5.41) is 5.41. The zero-order valence-corrected chi connectivity index (χ0v) is 15.1. The number of hydrogen-bond donors (Lipinski definition) is 1. The number of halogens is 3. The number of nitrogens with one attached hydrogen (secondary N) is 1. The maximum Gasteiger partial charge on any atom is 0.419 e. The van der Waals surface area contributed by atoms with Crippen molar-refractivity contribution in [1.29, 1.82) is 0 Å². The Hall–Kier alpha value is -1.76. The van der Waals surface area contributed by atoms with Crippen molar-refractivity contribution in [3.05, 3.63) is 35.3 Å². The van der Waals surface area contributed by atoms with Gasteiger partial charge in [-0.1, -0.05) is 39.0 Å². The lowest BCUT2D eigenvalue weighted by atomic mass is 10.1. The van der Waals surface area contributed by atoms with E-state index in [1.165, 1.54) is 36.3 Å². The molecule has 7 heteroatoms. The number of anilines is 2. The largest absolute Gasteiger partial charge is 0.493 e. The second-order valence-electron chi connectivity index (χ2n) is 5.79. The van der Waals surface area contributed by atoms with Crippen molar-refractivity contribution in [2.75, 3.05) is 11.9 Å². The molecule has 2 aromatic rings. The van der Waals surface area contributed by atoms with E-state index in [0.29, 0.717) is 10.8 Å². The van der Waals surface area contributed by atoms with Crippen molar-refractivity contribution in [2.24, 2.45) is 0 Å². The van der Waals surface area contributed by atoms with Crippen LogP contribution in [0.5, 0.6) is 5.75 Å². The van der Waals surface area contributed by atoms with Gasteiger partial charge in [0.2, 0.25) is 0 Å². The SMILES string of the molecule is CCCCCCCCOc1cc(Nc2nccs2)ccc1C(F)(F)F. The summed E-state index contributed by atoms with van der Waals surface area (Å²) >= 11 is 1.38. The third kappa shape index (κ3) is 6.57. The van der Waals surface area contributed by atoms with E-state index in [4.69, 9.17) is 4.74 Å². The highest BCUT2D eigenvalue weighted by molar-refractivity contribution is 7.13. The molecule has 0 saturated heterocycles. The van der Waals surface area contributed by atoms with Crippen molar-refractivity contribution >= 4 is 22.2 Å². The predicted octanol–water partition coefficient (Wildman–Crippen LogP) is 6.64. The smallest absolute Gasteiger partial charge is 0.419 e. The van der Waals surface area contributed by atoms with Gasteiger partial charge in [-0.2, -0.15) is 13.2 Å². The minimum absolute atomic E-state index is 0.136. The van der Waals surface area contributed by atoms with Crippen LogP contribution in [-0.4, -0.2) is 11.6 Å². The number of aromatic nitrogens is 1. The van der Waals surface area contributed by atoms with Gasteiger partial charge in [0.1, 0.15) is 5.75 Å². The van der Waals surface area contributed by atoms with Crippen LogP contribution in [0.3, 0.4) is 0 Å². The number of rotatable bonds is 10. The molecule has 0 aliphatic rings. The Balaban J connectivity index is 1.97. The second kappa shape index (κ2) is 9.65. The monoisotopic (exact) mass is 372 g/mol. The summed E-state index contributed by atoms with van der Waals surface area (Å²) in [6.45, 7) is 2.43. The first-order chi connectivity index (χ1) is 12.0. The van der Waals surface area contributed by atoms with E-state index >= 15 is 0 Å². The van der Waals surface area contributed by atoms with Crippen LogP contribution >= 0.6 is 11.3 Å². The van der Waals surface area contributed by atoms with Crippen molar-refractivity contribution in [1.82, 2.24) is 4.98 Å². The molecule has 0 bridgehead atoms. The van der Waals surface area contributed by atoms with E-state index in [2.05, 4.69) is 17.2 Å². The fourth-order valence-corrected chi connectivity index (χ4v) is 2.98. The standard InChI is InChI=1S/C18H23F3N2OS/c1-2-3-4-5-6-7-11-24-16-13-14(23-17-22-10-12-25-17)8-9-15(16)18(19,20)21/h8-10,12-13H,2-7,11H2,1H3,(H,22,23). The highest BCUT2D eigenvalue weighted by Gasteiger charge is 2.34. The van der Waals surface area contributed by atoms with Crippen LogP contribution < -0.4 is 10.1 Å². The Labute approximate surface area is 150 Å². The van der Waals surface area contributed by atoms with E-state index < -0.39 is 11.7 Å². The van der Waals surface area contributed by atoms with Gasteiger partial charge in [-0.05, 0) is 18.6 Å². The molecule has 1 N–H and O–H groups in total. The first kappa shape index (κ1) is 19.6. The molecule has 1 aromatic heterocycles. The highest BCUT2D eigenvalue weighted by atomic mass is 32.1. The Morgan fingerprint density at radius 2 is 1.88 bits per heavy atom. The maximum atomic E-state index is 13.2. The first-order valence-electron chi connectivity index (χ1n) is 8.51. The fraction of sp³-hybridized carbons (Fsp3) is 0.500. The number of benzene rings is 1. The summed E-state index contributed by atoms with van der Waals surface area (Å²) in [4.78, 5) is 4.07. The summed E-state index contributed by atoms with van der Waals surface area (Å²) < 4.78 is 44.9. The molecule has 2 rings (SSSR count). The topological polar surface area (TPSA) is 34.1 Å². The molecule has 0 atom stereocenters. The third-order valence-electron chi connectivity index (χ3n) is 3.73. The lowest BCUT2D eigenvalue weighted by Crippen LogP contribution is -2.10. The van der Waals surface area contributed by atoms with Gasteiger partial charge in [0.05, 0.1) is 12.2 Å². The van der Waals surface area contributed by atoms with Crippen LogP contribution in [0, 0.1) is 0 Å². The number of nitrogens with zero attached hydrogens (tertiary/aromatic N) is 1. The Morgan fingerprint density at radius 3 is 2.56 bits per heavy atom. The van der Waals surface area contributed by atoms with Crippen molar-refractivity contribution < 1.29 is 17.9 Å². The average molecular weight is 372 g/mol. The van der Waals surface area contributed by atoms with E-state index in [0.717, 1.165) is 31.7 Å². The van der Waals surface area contributed by atoms with Gasteiger partial charge in [-0.3, -0.25) is 0 Å². The maximum absolute atomic E-state index is 13.2. The van der Waals surface area contributed by atoms with Crippen LogP contribution in [0.25, 0.3) is 0 Å². The second-order valence-corrected chi connectivity index (χ2v) is 6.68. The van der Waals surface area contributed by atoms with Crippen LogP contribution in [0.1, 0.15) is 51.0 Å². The molecule has 1 heterocycles. The van der Waals surface area contributed by atoms with E-state index in [9.17, 15) is 13.2 Å². The Morgan fingerprint density at radius 1 is 1.12 bits per heavy atom. The molecule has 0 radical (unpaired) electrons. The molecule has 0 spiro atoms. The van der Waals surface area contributed by atoms with Gasteiger partial charge in [0, 0.05) is 23.3 Å². The van der Waals surface area contributed by atoms with Gasteiger partial charge in [-0.15, -0.1) is 11.3 Å². The number of unbranched alkanes of at least 4 members (excludes halogenated alkanes) is 5. The molecule has 138 valence electrons. The van der Waals surface area contributed by atoms with Crippen LogP contribution in [0.4, 0.5) is 24.0 Å². The summed E-state index contributed by atoms with van der Waals surface area (Å²) in [5.74, 6) is -0.136. The molecule has 3 nitrogen and oxygen atoms in total. The zero-order valence-electron chi connectivity index (χ0n) is 14.2. The van der Waals surface area contributed by atoms with Crippen molar-refractivity contribution in [3.63, 3.8) is 0 Å². The van der Waals surface area contributed by atoms with Gasteiger partial charge in [0.25, 0.3) is 0 Å². The predicted molar refractivity (Wildman–Crippen MR) is 95.7 cm³/mol. The minimum Gasteiger partial charge on any atom is -0.493 e. The molecule has 1 aromatic carbocycles. The van der Waals surface area contributed by atoms with Gasteiger partial charge < -0.3 is 10.1 Å². The first-order valence-corrected chi connectivity index (χ1v) is 9.39. The lowest BCUT2D eigenvalue weighted by Gasteiger charge is -2.15. The molecule has 0 aliphatic heterocycles. The summed E-state index contributed by atoms with van der Waals surface area (Å²) in [6, 6.07) is 3.83. The number of ether oxygens (including phenoxy) is 1. The van der Waals surface area contributed by atoms with Crippen LogP contribution in [0.2, 0.25) is 0 Å². The third-order valence-corrected chi connectivity index (χ3v) is 4.41. The fourth-order valence-electron chi connectivity index (χ4n) is 2.43. The van der Waals surface area contributed by atoms with E-state index in [1.807, 2.05) is 0 Å². The van der Waals surface area contributed by atoms with E-state index in [1.54, 1.807) is 11.6 Å². The molecule has 25 heavy (non-hydrogen) atoms. The van der Waals surface area contributed by atoms with Crippen LogP contribution in [-0.2, 0) is 6.18 Å². The van der Waals surface area contributed by atoms with Crippen molar-refractivity contribution in [2.45, 2.75) is 51.6 Å². The molecule has 0 saturated carbocycles.